The van der Waals surface area contributed by atoms with Crippen LogP contribution in [0.5, 0.6) is 0 Å². The van der Waals surface area contributed by atoms with Gasteiger partial charge in [0.1, 0.15) is 16.3 Å². The van der Waals surface area contributed by atoms with Gasteiger partial charge in [-0.05, 0) is 36.7 Å². The molecule has 0 aromatic rings. The quantitative estimate of drug-likeness (QED) is 0.691. The van der Waals surface area contributed by atoms with Crippen LogP contribution in [-0.4, -0.2) is 35.8 Å². The van der Waals surface area contributed by atoms with Crippen LogP contribution in [0.15, 0.2) is 10.2 Å². The Hall–Kier alpha value is -0.750. The summed E-state index contributed by atoms with van der Waals surface area (Å²) in [6.07, 6.45) is -0.347. The summed E-state index contributed by atoms with van der Waals surface area (Å²) in [6, 6.07) is 0. The Balaban J connectivity index is 1.99. The van der Waals surface area contributed by atoms with Gasteiger partial charge in [0.25, 0.3) is 0 Å². The van der Waals surface area contributed by atoms with Gasteiger partial charge >= 0.3 is 6.09 Å². The van der Waals surface area contributed by atoms with Crippen molar-refractivity contribution in [1.29, 1.82) is 0 Å². The number of nitrogens with one attached hydrogen (secondary N) is 1. The molecule has 0 saturated carbocycles. The third-order valence-electron chi connectivity index (χ3n) is 2.36. The van der Waals surface area contributed by atoms with Gasteiger partial charge in [-0.2, -0.15) is 0 Å². The molecule has 0 aromatic carbocycles. The zero-order valence-corrected chi connectivity index (χ0v) is 11.1. The average molecular weight is 291 g/mol. The van der Waals surface area contributed by atoms with Crippen molar-refractivity contribution in [2.24, 2.45) is 0 Å². The zero-order chi connectivity index (χ0) is 11.9. The number of hydrogen-bond donors (Lipinski definition) is 1. The van der Waals surface area contributed by atoms with E-state index in [0.717, 1.165) is 10.2 Å². The molecule has 6 heteroatoms. The Kier molecular flexibility index (Phi) is 2.88. The van der Waals surface area contributed by atoms with E-state index in [9.17, 15) is 4.79 Å². The minimum atomic E-state index is -0.459. The maximum Gasteiger partial charge on any atom is 0.410 e. The van der Waals surface area contributed by atoms with Gasteiger partial charge in [0.2, 0.25) is 0 Å². The molecule has 2 rings (SSSR count). The molecule has 2 aliphatic heterocycles. The SMILES string of the molecule is CC(C)(C)OC(=O)N1CC2=C(Br)NO[C@@H]2C1. The molecule has 0 spiro atoms. The first kappa shape index (κ1) is 11.7. The summed E-state index contributed by atoms with van der Waals surface area (Å²) >= 11 is 3.35. The van der Waals surface area contributed by atoms with Crippen LogP contribution in [0.25, 0.3) is 0 Å². The Labute approximate surface area is 103 Å². The Morgan fingerprint density at radius 2 is 2.31 bits per heavy atom. The van der Waals surface area contributed by atoms with E-state index in [2.05, 4.69) is 21.4 Å². The predicted molar refractivity (Wildman–Crippen MR) is 61.8 cm³/mol. The largest absolute Gasteiger partial charge is 0.444 e. The van der Waals surface area contributed by atoms with Gasteiger partial charge in [-0.1, -0.05) is 0 Å². The van der Waals surface area contributed by atoms with E-state index in [1.54, 1.807) is 4.90 Å². The molecule has 16 heavy (non-hydrogen) atoms. The van der Waals surface area contributed by atoms with E-state index < -0.39 is 5.60 Å². The maximum absolute atomic E-state index is 11.8. The van der Waals surface area contributed by atoms with E-state index in [-0.39, 0.29) is 12.2 Å². The van der Waals surface area contributed by atoms with Crippen molar-refractivity contribution < 1.29 is 14.4 Å². The molecular weight excluding hydrogens is 276 g/mol. The summed E-state index contributed by atoms with van der Waals surface area (Å²) in [5.41, 5.74) is 3.35. The molecule has 1 fully saturated rings. The fourth-order valence-corrected chi connectivity index (χ4v) is 2.13. The molecule has 0 bridgehead atoms. The lowest BCUT2D eigenvalue weighted by Gasteiger charge is -2.24. The lowest BCUT2D eigenvalue weighted by molar-refractivity contribution is 0.0128. The molecular formula is C10H15BrN2O3. The zero-order valence-electron chi connectivity index (χ0n) is 9.54. The van der Waals surface area contributed by atoms with Gasteiger partial charge in [-0.25, -0.2) is 4.79 Å². The lowest BCUT2D eigenvalue weighted by Crippen LogP contribution is -2.36. The molecule has 1 amide bonds. The van der Waals surface area contributed by atoms with Gasteiger partial charge in [-0.3, -0.25) is 10.3 Å². The minimum absolute atomic E-state index is 0.0538. The molecule has 0 aromatic heterocycles. The standard InChI is InChI=1S/C10H15BrN2O3/c1-10(2,3)15-9(14)13-4-6-7(5-13)16-12-8(6)11/h7,12H,4-5H2,1-3H3/t7-/m1/s1. The van der Waals surface area contributed by atoms with E-state index in [1.807, 2.05) is 20.8 Å². The van der Waals surface area contributed by atoms with E-state index in [4.69, 9.17) is 9.57 Å². The Bertz CT molecular complexity index is 348. The number of carbonyl (C=O) groups excluding carboxylic acids is 1. The van der Waals surface area contributed by atoms with Crippen molar-refractivity contribution in [2.75, 3.05) is 13.1 Å². The topological polar surface area (TPSA) is 50.8 Å². The van der Waals surface area contributed by atoms with Crippen LogP contribution in [-0.2, 0) is 9.57 Å². The molecule has 5 nitrogen and oxygen atoms in total. The Morgan fingerprint density at radius 3 is 2.88 bits per heavy atom. The highest BCUT2D eigenvalue weighted by atomic mass is 79.9. The Morgan fingerprint density at radius 1 is 1.62 bits per heavy atom. The molecule has 0 unspecified atom stereocenters. The number of halogens is 1. The van der Waals surface area contributed by atoms with Gasteiger partial charge in [0.05, 0.1) is 13.1 Å². The number of likely N-dealkylation sites (tertiary alicyclic amines) is 1. The van der Waals surface area contributed by atoms with E-state index >= 15 is 0 Å². The second kappa shape index (κ2) is 3.92. The van der Waals surface area contributed by atoms with Gasteiger partial charge in [0.15, 0.2) is 0 Å². The first-order chi connectivity index (χ1) is 7.37. The van der Waals surface area contributed by atoms with Crippen LogP contribution in [0, 0.1) is 0 Å². The third kappa shape index (κ3) is 2.32. The average Bonchev–Trinajstić information content (AvgIpc) is 2.65. The van der Waals surface area contributed by atoms with Crippen molar-refractivity contribution in [1.82, 2.24) is 10.4 Å². The highest BCUT2D eigenvalue weighted by molar-refractivity contribution is 9.11. The molecule has 90 valence electrons. The second-order valence-electron chi connectivity index (χ2n) is 4.91. The van der Waals surface area contributed by atoms with Crippen molar-refractivity contribution >= 4 is 22.0 Å². The minimum Gasteiger partial charge on any atom is -0.444 e. The number of nitrogens with zero attached hydrogens (tertiary/aromatic N) is 1. The van der Waals surface area contributed by atoms with Crippen LogP contribution in [0.1, 0.15) is 20.8 Å². The van der Waals surface area contributed by atoms with Crippen molar-refractivity contribution in [3.05, 3.63) is 10.2 Å². The monoisotopic (exact) mass is 290 g/mol. The summed E-state index contributed by atoms with van der Waals surface area (Å²) in [6.45, 7) is 6.65. The predicted octanol–water partition coefficient (Wildman–Crippen LogP) is 1.75. The summed E-state index contributed by atoms with van der Waals surface area (Å²) in [7, 11) is 0. The van der Waals surface area contributed by atoms with Gasteiger partial charge < -0.3 is 9.64 Å². The van der Waals surface area contributed by atoms with Crippen LogP contribution in [0.2, 0.25) is 0 Å². The highest BCUT2D eigenvalue weighted by Gasteiger charge is 2.38. The highest BCUT2D eigenvalue weighted by Crippen LogP contribution is 2.29. The molecule has 2 heterocycles. The smallest absolute Gasteiger partial charge is 0.410 e. The fourth-order valence-electron chi connectivity index (χ4n) is 1.66. The second-order valence-corrected chi connectivity index (χ2v) is 5.70. The number of rotatable bonds is 0. The molecule has 0 radical (unpaired) electrons. The van der Waals surface area contributed by atoms with Crippen LogP contribution >= 0.6 is 15.9 Å². The van der Waals surface area contributed by atoms with Crippen LogP contribution in [0.4, 0.5) is 4.79 Å². The number of carbonyl (C=O) groups is 1. The van der Waals surface area contributed by atoms with E-state index in [0.29, 0.717) is 13.1 Å². The summed E-state index contributed by atoms with van der Waals surface area (Å²) in [5.74, 6) is 0. The fraction of sp³-hybridized carbons (Fsp3) is 0.700. The molecule has 1 saturated heterocycles. The third-order valence-corrected chi connectivity index (χ3v) is 3.03. The molecule has 1 N–H and O–H groups in total. The van der Waals surface area contributed by atoms with Gasteiger partial charge in [0, 0.05) is 5.57 Å². The molecule has 2 aliphatic rings. The van der Waals surface area contributed by atoms with Crippen LogP contribution in [0.3, 0.4) is 0 Å². The number of hydroxylamine groups is 1. The first-order valence-corrected chi connectivity index (χ1v) is 5.94. The van der Waals surface area contributed by atoms with E-state index in [1.165, 1.54) is 0 Å². The van der Waals surface area contributed by atoms with Crippen molar-refractivity contribution in [2.45, 2.75) is 32.5 Å². The van der Waals surface area contributed by atoms with Crippen molar-refractivity contribution in [3.63, 3.8) is 0 Å². The van der Waals surface area contributed by atoms with Gasteiger partial charge in [-0.15, -0.1) is 0 Å². The molecule has 1 atom stereocenters. The maximum atomic E-state index is 11.8. The number of amides is 1. The number of hydrogen-bond acceptors (Lipinski definition) is 4. The normalized spacial score (nSPS) is 24.5. The number of fused-ring (bicyclic) bond motifs is 1. The summed E-state index contributed by atoms with van der Waals surface area (Å²) < 4.78 is 6.12. The first-order valence-electron chi connectivity index (χ1n) is 5.15. The number of ether oxygens (including phenoxy) is 1. The summed E-state index contributed by atoms with van der Waals surface area (Å²) in [4.78, 5) is 18.7. The summed E-state index contributed by atoms with van der Waals surface area (Å²) in [5, 5.41) is 0. The van der Waals surface area contributed by atoms with Crippen LogP contribution < -0.4 is 5.48 Å². The lowest BCUT2D eigenvalue weighted by atomic mass is 10.2. The molecule has 0 aliphatic carbocycles. The van der Waals surface area contributed by atoms with Crippen molar-refractivity contribution in [3.8, 4) is 0 Å².